The van der Waals surface area contributed by atoms with Crippen LogP contribution in [0.3, 0.4) is 0 Å². The molecular formula is C14H25N3S. The molecule has 1 N–H and O–H groups in total. The molecule has 2 rings (SSSR count). The van der Waals surface area contributed by atoms with E-state index in [4.69, 9.17) is 0 Å². The molecule has 1 aliphatic rings. The topological polar surface area (TPSA) is 28.2 Å². The number of rotatable bonds is 3. The smallest absolute Gasteiger partial charge is 0.110 e. The molecule has 0 aliphatic carbocycles. The highest BCUT2D eigenvalue weighted by atomic mass is 32.1. The second kappa shape index (κ2) is 5.27. The van der Waals surface area contributed by atoms with Crippen molar-refractivity contribution in [1.82, 2.24) is 15.2 Å². The molecule has 2 heterocycles. The Morgan fingerprint density at radius 3 is 2.89 bits per heavy atom. The van der Waals surface area contributed by atoms with E-state index in [2.05, 4.69) is 55.2 Å². The number of piperazine rings is 1. The van der Waals surface area contributed by atoms with Crippen LogP contribution in [0.5, 0.6) is 0 Å². The fourth-order valence-electron chi connectivity index (χ4n) is 2.69. The van der Waals surface area contributed by atoms with Gasteiger partial charge in [-0.1, -0.05) is 6.92 Å². The molecule has 102 valence electrons. The highest BCUT2D eigenvalue weighted by Crippen LogP contribution is 2.30. The molecule has 3 nitrogen and oxygen atoms in total. The van der Waals surface area contributed by atoms with Gasteiger partial charge in [0.2, 0.25) is 0 Å². The standard InChI is InChI=1S/C14H25N3S/c1-6-12-7-15-14(4,5)9-17(12)11(3)13-16-10(2)8-18-13/h8,11-12,15H,6-7,9H2,1-5H3. The molecule has 1 saturated heterocycles. The summed E-state index contributed by atoms with van der Waals surface area (Å²) in [6, 6.07) is 1.05. The number of aromatic nitrogens is 1. The van der Waals surface area contributed by atoms with E-state index in [0.717, 1.165) is 18.8 Å². The lowest BCUT2D eigenvalue weighted by Gasteiger charge is -2.46. The fourth-order valence-corrected chi connectivity index (χ4v) is 3.56. The Morgan fingerprint density at radius 2 is 2.33 bits per heavy atom. The van der Waals surface area contributed by atoms with Crippen molar-refractivity contribution >= 4 is 11.3 Å². The maximum Gasteiger partial charge on any atom is 0.110 e. The Morgan fingerprint density at radius 1 is 1.61 bits per heavy atom. The number of hydrogen-bond acceptors (Lipinski definition) is 4. The van der Waals surface area contributed by atoms with Gasteiger partial charge in [0.25, 0.3) is 0 Å². The van der Waals surface area contributed by atoms with Gasteiger partial charge in [-0.05, 0) is 34.1 Å². The Labute approximate surface area is 115 Å². The van der Waals surface area contributed by atoms with E-state index in [1.165, 1.54) is 11.4 Å². The third-order valence-electron chi connectivity index (χ3n) is 3.83. The van der Waals surface area contributed by atoms with Crippen LogP contribution >= 0.6 is 11.3 Å². The lowest BCUT2D eigenvalue weighted by Crippen LogP contribution is -2.61. The quantitative estimate of drug-likeness (QED) is 0.912. The first-order chi connectivity index (χ1) is 8.43. The van der Waals surface area contributed by atoms with Gasteiger partial charge in [-0.3, -0.25) is 4.90 Å². The molecule has 0 saturated carbocycles. The fraction of sp³-hybridized carbons (Fsp3) is 0.786. The van der Waals surface area contributed by atoms with Gasteiger partial charge in [0, 0.05) is 35.7 Å². The van der Waals surface area contributed by atoms with Gasteiger partial charge in [-0.25, -0.2) is 4.98 Å². The third kappa shape index (κ3) is 2.92. The Balaban J connectivity index is 2.17. The molecule has 18 heavy (non-hydrogen) atoms. The van der Waals surface area contributed by atoms with E-state index in [9.17, 15) is 0 Å². The summed E-state index contributed by atoms with van der Waals surface area (Å²) in [5, 5.41) is 7.05. The van der Waals surface area contributed by atoms with Gasteiger partial charge >= 0.3 is 0 Å². The molecule has 0 radical (unpaired) electrons. The first-order valence-corrected chi connectivity index (χ1v) is 7.73. The highest BCUT2D eigenvalue weighted by molar-refractivity contribution is 7.09. The first kappa shape index (κ1) is 14.0. The van der Waals surface area contributed by atoms with Crippen LogP contribution in [0.15, 0.2) is 5.38 Å². The van der Waals surface area contributed by atoms with E-state index < -0.39 is 0 Å². The van der Waals surface area contributed by atoms with E-state index >= 15 is 0 Å². The minimum Gasteiger partial charge on any atom is -0.309 e. The molecule has 1 aliphatic heterocycles. The number of nitrogens with one attached hydrogen (secondary N) is 1. The van der Waals surface area contributed by atoms with E-state index in [1.54, 1.807) is 11.3 Å². The molecule has 4 heteroatoms. The number of aryl methyl sites for hydroxylation is 1. The van der Waals surface area contributed by atoms with Gasteiger partial charge in [0.1, 0.15) is 5.01 Å². The predicted octanol–water partition coefficient (Wildman–Crippen LogP) is 2.97. The Kier molecular flexibility index (Phi) is 4.09. The minimum absolute atomic E-state index is 0.201. The van der Waals surface area contributed by atoms with Crippen molar-refractivity contribution in [2.75, 3.05) is 13.1 Å². The summed E-state index contributed by atoms with van der Waals surface area (Å²) in [5.74, 6) is 0. The van der Waals surface area contributed by atoms with Gasteiger partial charge in [0.15, 0.2) is 0 Å². The summed E-state index contributed by atoms with van der Waals surface area (Å²) < 4.78 is 0. The van der Waals surface area contributed by atoms with Crippen molar-refractivity contribution in [2.45, 2.75) is 58.7 Å². The maximum atomic E-state index is 4.66. The van der Waals surface area contributed by atoms with Crippen LogP contribution in [0.25, 0.3) is 0 Å². The second-order valence-corrected chi connectivity index (χ2v) is 6.89. The van der Waals surface area contributed by atoms with Crippen LogP contribution in [0.2, 0.25) is 0 Å². The number of thiazole rings is 1. The van der Waals surface area contributed by atoms with Crippen LogP contribution < -0.4 is 5.32 Å². The Bertz CT molecular complexity index is 399. The summed E-state index contributed by atoms with van der Waals surface area (Å²) >= 11 is 1.79. The number of nitrogens with zero attached hydrogens (tertiary/aromatic N) is 2. The summed E-state index contributed by atoms with van der Waals surface area (Å²) in [6.45, 7) is 13.4. The highest BCUT2D eigenvalue weighted by Gasteiger charge is 2.35. The largest absolute Gasteiger partial charge is 0.309 e. The van der Waals surface area contributed by atoms with E-state index in [-0.39, 0.29) is 5.54 Å². The van der Waals surface area contributed by atoms with Crippen molar-refractivity contribution < 1.29 is 0 Å². The van der Waals surface area contributed by atoms with E-state index in [0.29, 0.717) is 12.1 Å². The Hall–Kier alpha value is -0.450. The average molecular weight is 267 g/mol. The van der Waals surface area contributed by atoms with Crippen LogP contribution in [-0.2, 0) is 0 Å². The lowest BCUT2D eigenvalue weighted by atomic mass is 9.96. The van der Waals surface area contributed by atoms with Crippen molar-refractivity contribution in [2.24, 2.45) is 0 Å². The summed E-state index contributed by atoms with van der Waals surface area (Å²) in [6.07, 6.45) is 1.19. The van der Waals surface area contributed by atoms with Gasteiger partial charge < -0.3 is 5.32 Å². The molecule has 2 atom stereocenters. The first-order valence-electron chi connectivity index (χ1n) is 6.86. The molecule has 1 fully saturated rings. The molecule has 0 aromatic carbocycles. The number of hydrogen-bond donors (Lipinski definition) is 1. The zero-order valence-electron chi connectivity index (χ0n) is 12.2. The zero-order valence-corrected chi connectivity index (χ0v) is 13.0. The van der Waals surface area contributed by atoms with E-state index in [1.807, 2.05) is 0 Å². The third-order valence-corrected chi connectivity index (χ3v) is 4.96. The van der Waals surface area contributed by atoms with Crippen LogP contribution in [0.1, 0.15) is 50.9 Å². The van der Waals surface area contributed by atoms with Crippen molar-refractivity contribution in [3.05, 3.63) is 16.1 Å². The lowest BCUT2D eigenvalue weighted by molar-refractivity contribution is 0.0579. The summed E-state index contributed by atoms with van der Waals surface area (Å²) in [4.78, 5) is 7.28. The maximum absolute atomic E-state index is 4.66. The SMILES string of the molecule is CCC1CNC(C)(C)CN1C(C)c1nc(C)cs1. The monoisotopic (exact) mass is 267 g/mol. The van der Waals surface area contributed by atoms with Crippen LogP contribution in [0.4, 0.5) is 0 Å². The molecule has 0 spiro atoms. The minimum atomic E-state index is 0.201. The molecule has 2 unspecified atom stereocenters. The van der Waals surface area contributed by atoms with Crippen molar-refractivity contribution in [1.29, 1.82) is 0 Å². The predicted molar refractivity (Wildman–Crippen MR) is 78.1 cm³/mol. The summed E-state index contributed by atoms with van der Waals surface area (Å²) in [5.41, 5.74) is 1.34. The zero-order chi connectivity index (χ0) is 13.3. The molecule has 0 bridgehead atoms. The molecular weight excluding hydrogens is 242 g/mol. The normalized spacial score (nSPS) is 26.2. The van der Waals surface area contributed by atoms with Gasteiger partial charge in [0.05, 0.1) is 6.04 Å². The van der Waals surface area contributed by atoms with Crippen LogP contribution in [-0.4, -0.2) is 34.6 Å². The average Bonchev–Trinajstić information content (AvgIpc) is 2.74. The van der Waals surface area contributed by atoms with Gasteiger partial charge in [-0.2, -0.15) is 0 Å². The van der Waals surface area contributed by atoms with Crippen molar-refractivity contribution in [3.8, 4) is 0 Å². The summed E-state index contributed by atoms with van der Waals surface area (Å²) in [7, 11) is 0. The molecule has 0 amide bonds. The van der Waals surface area contributed by atoms with Gasteiger partial charge in [-0.15, -0.1) is 11.3 Å². The van der Waals surface area contributed by atoms with Crippen LogP contribution in [0, 0.1) is 6.92 Å². The van der Waals surface area contributed by atoms with Crippen molar-refractivity contribution in [3.63, 3.8) is 0 Å². The molecule has 1 aromatic heterocycles. The second-order valence-electron chi connectivity index (χ2n) is 6.00. The molecule has 1 aromatic rings.